The normalized spacial score (nSPS) is 15.3. The summed E-state index contributed by atoms with van der Waals surface area (Å²) < 4.78 is 0. The van der Waals surface area contributed by atoms with Crippen molar-refractivity contribution in [2.24, 2.45) is 0 Å². The third-order valence-electron chi connectivity index (χ3n) is 6.73. The van der Waals surface area contributed by atoms with E-state index in [9.17, 15) is 25.2 Å². The molecule has 6 nitrogen and oxygen atoms in total. The van der Waals surface area contributed by atoms with Gasteiger partial charge in [-0.1, -0.05) is 116 Å². The van der Waals surface area contributed by atoms with Gasteiger partial charge in [0.15, 0.2) is 0 Å². The molecular formula is C29H57NO5. The molecule has 0 radical (unpaired) electrons. The van der Waals surface area contributed by atoms with Crippen LogP contribution in [0.4, 0.5) is 0 Å². The van der Waals surface area contributed by atoms with Crippen LogP contribution in [0.5, 0.6) is 0 Å². The molecule has 0 aliphatic rings. The van der Waals surface area contributed by atoms with Crippen molar-refractivity contribution >= 4 is 5.91 Å². The minimum absolute atomic E-state index is 0.285. The number of hydrogen-bond donors (Lipinski definition) is 5. The smallest absolute Gasteiger partial charge is 0.249 e. The zero-order chi connectivity index (χ0) is 26.2. The van der Waals surface area contributed by atoms with Gasteiger partial charge in [0.1, 0.15) is 12.2 Å². The van der Waals surface area contributed by atoms with Crippen molar-refractivity contribution in [1.29, 1.82) is 0 Å². The van der Waals surface area contributed by atoms with E-state index in [-0.39, 0.29) is 6.42 Å². The second-order valence-corrected chi connectivity index (χ2v) is 10.1. The van der Waals surface area contributed by atoms with E-state index in [0.717, 1.165) is 32.1 Å². The lowest BCUT2D eigenvalue weighted by atomic mass is 9.99. The van der Waals surface area contributed by atoms with E-state index >= 15 is 0 Å². The van der Waals surface area contributed by atoms with Crippen LogP contribution in [-0.2, 0) is 4.79 Å². The van der Waals surface area contributed by atoms with Gasteiger partial charge in [0.2, 0.25) is 5.91 Å². The molecule has 0 saturated heterocycles. The first kappa shape index (κ1) is 34.0. The van der Waals surface area contributed by atoms with E-state index in [1.807, 2.05) is 6.08 Å². The lowest BCUT2D eigenvalue weighted by molar-refractivity contribution is -0.132. The lowest BCUT2D eigenvalue weighted by Crippen LogP contribution is -2.53. The molecule has 0 fully saturated rings. The fraction of sp³-hybridized carbons (Fsp3) is 0.897. The van der Waals surface area contributed by atoms with Gasteiger partial charge in [-0.05, 0) is 32.1 Å². The maximum atomic E-state index is 12.2. The molecule has 4 atom stereocenters. The molecular weight excluding hydrogens is 442 g/mol. The second kappa shape index (κ2) is 24.7. The number of hydrogen-bond acceptors (Lipinski definition) is 5. The number of allylic oxidation sites excluding steroid dienone is 2. The number of nitrogens with one attached hydrogen (secondary N) is 1. The molecule has 0 aromatic heterocycles. The van der Waals surface area contributed by atoms with Crippen LogP contribution in [0.25, 0.3) is 0 Å². The van der Waals surface area contributed by atoms with Gasteiger partial charge in [-0.2, -0.15) is 0 Å². The van der Waals surface area contributed by atoms with Gasteiger partial charge in [-0.25, -0.2) is 0 Å². The van der Waals surface area contributed by atoms with E-state index < -0.39 is 36.9 Å². The molecule has 35 heavy (non-hydrogen) atoms. The van der Waals surface area contributed by atoms with E-state index in [2.05, 4.69) is 25.2 Å². The highest BCUT2D eigenvalue weighted by Crippen LogP contribution is 2.14. The Balaban J connectivity index is 3.99. The maximum absolute atomic E-state index is 12.2. The van der Waals surface area contributed by atoms with E-state index in [0.29, 0.717) is 12.8 Å². The summed E-state index contributed by atoms with van der Waals surface area (Å²) in [4.78, 5) is 12.2. The Morgan fingerprint density at radius 1 is 0.686 bits per heavy atom. The van der Waals surface area contributed by atoms with Crippen molar-refractivity contribution in [3.8, 4) is 0 Å². The molecule has 6 heteroatoms. The number of aliphatic hydroxyl groups is 4. The second-order valence-electron chi connectivity index (χ2n) is 10.1. The summed E-state index contributed by atoms with van der Waals surface area (Å²) in [6.45, 7) is 3.92. The molecule has 0 aromatic rings. The zero-order valence-corrected chi connectivity index (χ0v) is 22.8. The molecule has 5 N–H and O–H groups in total. The summed E-state index contributed by atoms with van der Waals surface area (Å²) in [5.74, 6) is -0.624. The summed E-state index contributed by atoms with van der Waals surface area (Å²) in [7, 11) is 0. The van der Waals surface area contributed by atoms with Crippen LogP contribution < -0.4 is 5.32 Å². The molecule has 0 aliphatic carbocycles. The summed E-state index contributed by atoms with van der Waals surface area (Å²) in [5.41, 5.74) is 0. The first-order valence-corrected chi connectivity index (χ1v) is 14.6. The van der Waals surface area contributed by atoms with Crippen molar-refractivity contribution in [3.05, 3.63) is 12.2 Å². The number of unbranched alkanes of at least 4 members (excludes halogenated alkanes) is 14. The first-order chi connectivity index (χ1) is 17.0. The highest BCUT2D eigenvalue weighted by atomic mass is 16.3. The summed E-state index contributed by atoms with van der Waals surface area (Å²) in [6.07, 6.45) is 21.1. The molecule has 0 saturated carbocycles. The molecule has 0 rings (SSSR count). The largest absolute Gasteiger partial charge is 0.394 e. The fourth-order valence-electron chi connectivity index (χ4n) is 4.28. The average Bonchev–Trinajstić information content (AvgIpc) is 2.86. The highest BCUT2D eigenvalue weighted by molar-refractivity contribution is 5.80. The number of carbonyl (C=O) groups is 1. The van der Waals surface area contributed by atoms with Gasteiger partial charge in [0, 0.05) is 0 Å². The van der Waals surface area contributed by atoms with Crippen LogP contribution >= 0.6 is 0 Å². The quantitative estimate of drug-likeness (QED) is 0.0835. The number of amides is 1. The van der Waals surface area contributed by atoms with E-state index in [4.69, 9.17) is 0 Å². The number of carbonyl (C=O) groups excluding carboxylic acids is 1. The van der Waals surface area contributed by atoms with Crippen molar-refractivity contribution in [3.63, 3.8) is 0 Å². The van der Waals surface area contributed by atoms with Gasteiger partial charge < -0.3 is 25.7 Å². The van der Waals surface area contributed by atoms with Gasteiger partial charge in [-0.3, -0.25) is 4.79 Å². The molecule has 0 bridgehead atoms. The Bertz CT molecular complexity index is 499. The van der Waals surface area contributed by atoms with Gasteiger partial charge in [-0.15, -0.1) is 0 Å². The first-order valence-electron chi connectivity index (χ1n) is 14.6. The van der Waals surface area contributed by atoms with Crippen LogP contribution in [0.3, 0.4) is 0 Å². The van der Waals surface area contributed by atoms with Crippen molar-refractivity contribution in [1.82, 2.24) is 5.32 Å². The van der Waals surface area contributed by atoms with E-state index in [1.54, 1.807) is 0 Å². The van der Waals surface area contributed by atoms with Crippen molar-refractivity contribution < 1.29 is 25.2 Å². The van der Waals surface area contributed by atoms with Gasteiger partial charge in [0.05, 0.1) is 18.8 Å². The Morgan fingerprint density at radius 2 is 1.17 bits per heavy atom. The van der Waals surface area contributed by atoms with Crippen molar-refractivity contribution in [2.75, 3.05) is 6.61 Å². The van der Waals surface area contributed by atoms with Crippen LogP contribution in [-0.4, -0.2) is 57.3 Å². The fourth-order valence-corrected chi connectivity index (χ4v) is 4.28. The zero-order valence-electron chi connectivity index (χ0n) is 22.8. The molecule has 4 unspecified atom stereocenters. The monoisotopic (exact) mass is 499 g/mol. The molecule has 208 valence electrons. The molecule has 0 heterocycles. The summed E-state index contributed by atoms with van der Waals surface area (Å²) in [6, 6.07) is -0.992. The summed E-state index contributed by atoms with van der Waals surface area (Å²) in [5, 5.41) is 42.9. The minimum atomic E-state index is -1.26. The van der Waals surface area contributed by atoms with Crippen LogP contribution in [0.2, 0.25) is 0 Å². The maximum Gasteiger partial charge on any atom is 0.249 e. The molecule has 0 aromatic carbocycles. The third-order valence-corrected chi connectivity index (χ3v) is 6.73. The van der Waals surface area contributed by atoms with Crippen LogP contribution in [0, 0.1) is 0 Å². The minimum Gasteiger partial charge on any atom is -0.394 e. The third kappa shape index (κ3) is 19.9. The number of aliphatic hydroxyl groups excluding tert-OH is 4. The highest BCUT2D eigenvalue weighted by Gasteiger charge is 2.28. The Kier molecular flexibility index (Phi) is 24.1. The Labute approximate surface area is 215 Å². The van der Waals surface area contributed by atoms with Gasteiger partial charge >= 0.3 is 0 Å². The summed E-state index contributed by atoms with van der Waals surface area (Å²) >= 11 is 0. The van der Waals surface area contributed by atoms with Crippen molar-refractivity contribution in [2.45, 2.75) is 160 Å². The predicted molar refractivity (Wildman–Crippen MR) is 145 cm³/mol. The SMILES string of the molecule is CCCCCC/C=C\CCC(O)C(=O)NC(CO)C(O)C(O)CCCCCCCCCCCCC. The van der Waals surface area contributed by atoms with E-state index in [1.165, 1.54) is 70.6 Å². The Hall–Kier alpha value is -0.950. The average molecular weight is 500 g/mol. The molecule has 1 amide bonds. The standard InChI is InChI=1S/C29H57NO5/c1-3-5-7-9-11-13-14-15-17-18-20-22-26(32)28(34)25(24-31)30-29(35)27(33)23-21-19-16-12-10-8-6-4-2/h16,19,25-28,31-34H,3-15,17-18,20-24H2,1-2H3,(H,30,35)/b19-16-. The Morgan fingerprint density at radius 3 is 1.71 bits per heavy atom. The molecule has 0 spiro atoms. The number of rotatable bonds is 25. The molecule has 0 aliphatic heterocycles. The van der Waals surface area contributed by atoms with Crippen LogP contribution in [0.1, 0.15) is 136 Å². The lowest BCUT2D eigenvalue weighted by Gasteiger charge is -2.27. The topological polar surface area (TPSA) is 110 Å². The van der Waals surface area contributed by atoms with Crippen LogP contribution in [0.15, 0.2) is 12.2 Å². The predicted octanol–water partition coefficient (Wildman–Crippen LogP) is 5.55. The van der Waals surface area contributed by atoms with Gasteiger partial charge in [0.25, 0.3) is 0 Å².